The van der Waals surface area contributed by atoms with Gasteiger partial charge in [-0.05, 0) is 5.10 Å². The van der Waals surface area contributed by atoms with Gasteiger partial charge in [-0.1, -0.05) is 0 Å². The molecule has 0 aliphatic rings. The van der Waals surface area contributed by atoms with Crippen LogP contribution in [0.5, 0.6) is 0 Å². The largest absolute Gasteiger partial charge is 0.385 e. The van der Waals surface area contributed by atoms with Gasteiger partial charge in [-0.15, -0.1) is 9.77 Å². The molecule has 0 bridgehead atoms. The number of nitrogen functional groups attached to an aromatic ring is 3. The van der Waals surface area contributed by atoms with Crippen molar-refractivity contribution in [3.63, 3.8) is 0 Å². The van der Waals surface area contributed by atoms with Crippen molar-refractivity contribution in [1.82, 2.24) is 10.2 Å². The molecule has 1 aromatic rings. The van der Waals surface area contributed by atoms with E-state index >= 15 is 0 Å². The second-order valence-corrected chi connectivity index (χ2v) is 1.55. The van der Waals surface area contributed by atoms with Crippen LogP contribution in [-0.2, 0) is 0 Å². The summed E-state index contributed by atoms with van der Waals surface area (Å²) in [7, 11) is 0. The van der Waals surface area contributed by atoms with Gasteiger partial charge in [0.2, 0.25) is 0 Å². The molecule has 9 N–H and O–H groups in total. The Hall–Kier alpha value is -1.54. The number of rotatable bonds is 2. The first-order valence-corrected chi connectivity index (χ1v) is 2.48. The number of hydrazine groups is 2. The molecule has 0 radical (unpaired) electrons. The first-order valence-electron chi connectivity index (χ1n) is 2.48. The topological polar surface area (TPSA) is 135 Å². The lowest BCUT2D eigenvalue weighted by atomic mass is 11.0. The summed E-state index contributed by atoms with van der Waals surface area (Å²) >= 11 is 0. The van der Waals surface area contributed by atoms with Crippen LogP contribution in [0.4, 0.5) is 11.9 Å². The quantitative estimate of drug-likeness (QED) is 0.149. The third-order valence-corrected chi connectivity index (χ3v) is 1.00. The van der Waals surface area contributed by atoms with E-state index < -0.39 is 0 Å². The summed E-state index contributed by atoms with van der Waals surface area (Å²) in [5.41, 5.74) is 4.52. The maximum Gasteiger partial charge on any atom is 0.385 e. The van der Waals surface area contributed by atoms with Crippen LogP contribution in [0.1, 0.15) is 0 Å². The van der Waals surface area contributed by atoms with E-state index in [1.165, 1.54) is 0 Å². The zero-order valence-corrected chi connectivity index (χ0v) is 5.13. The molecule has 0 unspecified atom stereocenters. The lowest BCUT2D eigenvalue weighted by Crippen LogP contribution is -2.49. The predicted molar refractivity (Wildman–Crippen MR) is 34.6 cm³/mol. The van der Waals surface area contributed by atoms with E-state index in [9.17, 15) is 0 Å². The summed E-state index contributed by atoms with van der Waals surface area (Å²) < 4.78 is 1.14. The Balaban J connectivity index is 2.97. The molecule has 0 amide bonds. The van der Waals surface area contributed by atoms with Crippen molar-refractivity contribution in [2.24, 2.45) is 11.7 Å². The maximum absolute atomic E-state index is 5.36. The smallest absolute Gasteiger partial charge is 0.304 e. The number of nitrogens with two attached hydrogens (primary N) is 3. The van der Waals surface area contributed by atoms with E-state index in [0.717, 1.165) is 4.68 Å². The second kappa shape index (κ2) is 2.37. The highest BCUT2D eigenvalue weighted by Gasteiger charge is 2.12. The van der Waals surface area contributed by atoms with E-state index in [4.69, 9.17) is 17.5 Å². The van der Waals surface area contributed by atoms with Gasteiger partial charge in [0.05, 0.1) is 0 Å². The fourth-order valence-electron chi connectivity index (χ4n) is 0.523. The Labute approximate surface area is 56.3 Å². The summed E-state index contributed by atoms with van der Waals surface area (Å²) in [5.74, 6) is 16.0. The summed E-state index contributed by atoms with van der Waals surface area (Å²) in [6.45, 7) is 0. The molecule has 0 aliphatic carbocycles. The minimum Gasteiger partial charge on any atom is -0.304 e. The van der Waals surface area contributed by atoms with E-state index in [2.05, 4.69) is 21.0 Å². The van der Waals surface area contributed by atoms with Gasteiger partial charge in [0, 0.05) is 0 Å². The first kappa shape index (κ1) is 6.58. The van der Waals surface area contributed by atoms with Crippen LogP contribution in [0.2, 0.25) is 0 Å². The number of anilines is 2. The van der Waals surface area contributed by atoms with Crippen molar-refractivity contribution in [3.05, 3.63) is 0 Å². The normalized spacial score (nSPS) is 9.40. The predicted octanol–water partition coefficient (Wildman–Crippen LogP) is -3.02. The molecule has 1 aromatic heterocycles. The number of aromatic amines is 1. The van der Waals surface area contributed by atoms with E-state index in [1.54, 1.807) is 0 Å². The fraction of sp³-hybridized carbons (Fsp3) is 0. The van der Waals surface area contributed by atoms with Gasteiger partial charge in [-0.2, -0.15) is 0 Å². The van der Waals surface area contributed by atoms with Crippen LogP contribution in [0.15, 0.2) is 0 Å². The van der Waals surface area contributed by atoms with Crippen molar-refractivity contribution in [3.8, 4) is 0 Å². The molecule has 0 aromatic carbocycles. The number of aromatic nitrogens is 3. The average Bonchev–Trinajstić information content (AvgIpc) is 2.30. The van der Waals surface area contributed by atoms with Crippen LogP contribution in [0, 0.1) is 0 Å². The van der Waals surface area contributed by atoms with Crippen molar-refractivity contribution in [2.45, 2.75) is 0 Å². The van der Waals surface area contributed by atoms with Crippen LogP contribution < -0.4 is 33.1 Å². The molecule has 1 heterocycles. The van der Waals surface area contributed by atoms with Crippen LogP contribution in [-0.4, -0.2) is 10.2 Å². The summed E-state index contributed by atoms with van der Waals surface area (Å²) in [4.78, 5) is 0. The molecule has 0 saturated heterocycles. The van der Waals surface area contributed by atoms with Crippen LogP contribution in [0.3, 0.4) is 0 Å². The number of hydrogen-bond acceptors (Lipinski definition) is 6. The Morgan fingerprint density at radius 2 is 2.10 bits per heavy atom. The highest BCUT2D eigenvalue weighted by molar-refractivity contribution is 5.20. The lowest BCUT2D eigenvalue weighted by Gasteiger charge is -1.92. The molecule has 8 heteroatoms. The molecule has 0 spiro atoms. The zero-order valence-electron chi connectivity index (χ0n) is 5.13. The molecule has 8 nitrogen and oxygen atoms in total. The number of H-pyrrole nitrogens is 1. The van der Waals surface area contributed by atoms with Gasteiger partial charge in [0.15, 0.2) is 0 Å². The Morgan fingerprint density at radius 3 is 2.40 bits per heavy atom. The van der Waals surface area contributed by atoms with Crippen molar-refractivity contribution in [2.75, 3.05) is 16.7 Å². The van der Waals surface area contributed by atoms with Gasteiger partial charge in [0.25, 0.3) is 0 Å². The highest BCUT2D eigenvalue weighted by Crippen LogP contribution is 1.91. The number of hydrogen-bond donors (Lipinski definition) is 6. The van der Waals surface area contributed by atoms with Gasteiger partial charge in [0.1, 0.15) is 0 Å². The Kier molecular flexibility index (Phi) is 1.56. The maximum atomic E-state index is 5.36. The molecule has 0 fully saturated rings. The third-order valence-electron chi connectivity index (χ3n) is 1.00. The minimum atomic E-state index is 0.285. The van der Waals surface area contributed by atoms with Crippen molar-refractivity contribution >= 4 is 11.9 Å². The van der Waals surface area contributed by atoms with Crippen LogP contribution >= 0.6 is 0 Å². The molecular weight excluding hydrogens is 136 g/mol. The summed E-state index contributed by atoms with van der Waals surface area (Å²) in [5, 5.41) is 6.12. The zero-order chi connectivity index (χ0) is 7.56. The summed E-state index contributed by atoms with van der Waals surface area (Å²) in [6, 6.07) is 0. The molecule has 1 rings (SSSR count). The number of nitrogens with zero attached hydrogens (tertiary/aromatic N) is 2. The molecule has 56 valence electrons. The molecule has 0 saturated carbocycles. The van der Waals surface area contributed by atoms with E-state index in [-0.39, 0.29) is 5.95 Å². The molecule has 0 atom stereocenters. The molecule has 0 aliphatic heterocycles. The fourth-order valence-corrected chi connectivity index (χ4v) is 0.523. The highest BCUT2D eigenvalue weighted by atomic mass is 15.6. The molecular formula is C2H9N8+. The first-order chi connectivity index (χ1) is 4.79. The number of nitrogens with one attached hydrogen (secondary N) is 3. The van der Waals surface area contributed by atoms with Gasteiger partial charge >= 0.3 is 11.9 Å². The SMILES string of the molecule is NNc1n[nH]c(NN)[n+]1N. The van der Waals surface area contributed by atoms with Gasteiger partial charge < -0.3 is 5.84 Å². The summed E-state index contributed by atoms with van der Waals surface area (Å²) in [6.07, 6.45) is 0. The second-order valence-electron chi connectivity index (χ2n) is 1.55. The van der Waals surface area contributed by atoms with Gasteiger partial charge in [-0.3, -0.25) is 0 Å². The average molecular weight is 145 g/mol. The van der Waals surface area contributed by atoms with E-state index in [1.807, 2.05) is 0 Å². The monoisotopic (exact) mass is 145 g/mol. The van der Waals surface area contributed by atoms with Crippen LogP contribution in [0.25, 0.3) is 0 Å². The standard InChI is InChI=1S/C2H8N8/c3-6-1-8-9-2(7-4)10(1)5/h3-5H2,(H2,6,7,8,9)/p+1. The molecule has 10 heavy (non-hydrogen) atoms. The van der Waals surface area contributed by atoms with Crippen molar-refractivity contribution < 1.29 is 4.68 Å². The van der Waals surface area contributed by atoms with Crippen molar-refractivity contribution in [1.29, 1.82) is 0 Å². The Bertz CT molecular complexity index is 192. The van der Waals surface area contributed by atoms with Gasteiger partial charge in [-0.25, -0.2) is 22.5 Å². The third kappa shape index (κ3) is 0.806. The minimum absolute atomic E-state index is 0.285. The Morgan fingerprint density at radius 1 is 1.40 bits per heavy atom. The lowest BCUT2D eigenvalue weighted by molar-refractivity contribution is -0.609. The van der Waals surface area contributed by atoms with E-state index in [0.29, 0.717) is 5.95 Å².